The van der Waals surface area contributed by atoms with Gasteiger partial charge < -0.3 is 9.47 Å². The third kappa shape index (κ3) is 2.78. The van der Waals surface area contributed by atoms with Gasteiger partial charge in [-0.3, -0.25) is 4.98 Å². The van der Waals surface area contributed by atoms with Gasteiger partial charge in [-0.1, -0.05) is 0 Å². The Labute approximate surface area is 143 Å². The average Bonchev–Trinajstić information content (AvgIpc) is 2.97. The lowest BCUT2D eigenvalue weighted by atomic mass is 9.94. The SMILES string of the molecule is CCOC(=O)c1cc(-c2ncc(F)cc2F)c2c(n1)[C@@H]1CC[C@@H](C2)O1. The van der Waals surface area contributed by atoms with Gasteiger partial charge in [0.05, 0.1) is 24.6 Å². The largest absolute Gasteiger partial charge is 0.461 e. The smallest absolute Gasteiger partial charge is 0.356 e. The first-order chi connectivity index (χ1) is 12.1. The first-order valence-electron chi connectivity index (χ1n) is 8.24. The molecule has 0 aromatic carbocycles. The molecule has 2 atom stereocenters. The molecular formula is C18H16F2N2O3. The monoisotopic (exact) mass is 346 g/mol. The Bertz CT molecular complexity index is 856. The zero-order valence-corrected chi connectivity index (χ0v) is 13.6. The highest BCUT2D eigenvalue weighted by molar-refractivity contribution is 5.89. The molecule has 7 heteroatoms. The van der Waals surface area contributed by atoms with Gasteiger partial charge in [-0.05, 0) is 31.4 Å². The maximum absolute atomic E-state index is 14.3. The highest BCUT2D eigenvalue weighted by Crippen LogP contribution is 2.43. The Balaban J connectivity index is 1.91. The van der Waals surface area contributed by atoms with Crippen LogP contribution in [-0.2, 0) is 15.9 Å². The van der Waals surface area contributed by atoms with Crippen molar-refractivity contribution in [2.75, 3.05) is 6.61 Å². The van der Waals surface area contributed by atoms with Crippen LogP contribution in [0.15, 0.2) is 18.3 Å². The normalized spacial score (nSPS) is 21.1. The summed E-state index contributed by atoms with van der Waals surface area (Å²) in [5.41, 5.74) is 1.97. The summed E-state index contributed by atoms with van der Waals surface area (Å²) in [6.45, 7) is 1.90. The minimum absolute atomic E-state index is 0.00639. The first kappa shape index (κ1) is 16.1. The van der Waals surface area contributed by atoms with E-state index in [0.29, 0.717) is 17.7 Å². The summed E-state index contributed by atoms with van der Waals surface area (Å²) in [5, 5.41) is 0. The van der Waals surface area contributed by atoms with Crippen molar-refractivity contribution in [2.24, 2.45) is 0 Å². The van der Waals surface area contributed by atoms with Crippen LogP contribution in [0.4, 0.5) is 8.78 Å². The van der Waals surface area contributed by atoms with Crippen molar-refractivity contribution in [3.05, 3.63) is 46.9 Å². The number of halogens is 2. The van der Waals surface area contributed by atoms with Gasteiger partial charge in [-0.25, -0.2) is 18.6 Å². The fourth-order valence-corrected chi connectivity index (χ4v) is 3.49. The maximum atomic E-state index is 14.3. The molecule has 130 valence electrons. The van der Waals surface area contributed by atoms with Crippen LogP contribution in [0.3, 0.4) is 0 Å². The lowest BCUT2D eigenvalue weighted by Crippen LogP contribution is -2.22. The molecule has 0 radical (unpaired) electrons. The molecule has 4 heterocycles. The summed E-state index contributed by atoms with van der Waals surface area (Å²) in [4.78, 5) is 20.5. The Hall–Kier alpha value is -2.41. The average molecular weight is 346 g/mol. The second-order valence-corrected chi connectivity index (χ2v) is 6.15. The molecule has 25 heavy (non-hydrogen) atoms. The second-order valence-electron chi connectivity index (χ2n) is 6.15. The number of fused-ring (bicyclic) bond motifs is 4. The molecule has 0 unspecified atom stereocenters. The van der Waals surface area contributed by atoms with Crippen LogP contribution >= 0.6 is 0 Å². The van der Waals surface area contributed by atoms with Gasteiger partial charge >= 0.3 is 5.97 Å². The summed E-state index contributed by atoms with van der Waals surface area (Å²) >= 11 is 0. The van der Waals surface area contributed by atoms with E-state index in [1.54, 1.807) is 6.92 Å². The zero-order chi connectivity index (χ0) is 17.6. The molecule has 0 N–H and O–H groups in total. The number of esters is 1. The van der Waals surface area contributed by atoms with E-state index in [4.69, 9.17) is 9.47 Å². The van der Waals surface area contributed by atoms with Gasteiger partial charge in [-0.2, -0.15) is 0 Å². The molecule has 2 aliphatic rings. The molecule has 4 rings (SSSR count). The van der Waals surface area contributed by atoms with E-state index in [0.717, 1.165) is 30.7 Å². The number of aromatic nitrogens is 2. The predicted octanol–water partition coefficient (Wildman–Crippen LogP) is 3.37. The quantitative estimate of drug-likeness (QED) is 0.798. The van der Waals surface area contributed by atoms with Crippen LogP contribution in [0.25, 0.3) is 11.3 Å². The van der Waals surface area contributed by atoms with Crippen molar-refractivity contribution in [1.82, 2.24) is 9.97 Å². The Kier molecular flexibility index (Phi) is 3.95. The minimum Gasteiger partial charge on any atom is -0.461 e. The molecule has 2 aromatic rings. The summed E-state index contributed by atoms with van der Waals surface area (Å²) in [6.07, 6.45) is 3.05. The molecule has 1 fully saturated rings. The molecule has 2 aromatic heterocycles. The number of carbonyl (C=O) groups is 1. The van der Waals surface area contributed by atoms with Gasteiger partial charge in [0.25, 0.3) is 0 Å². The number of rotatable bonds is 3. The Morgan fingerprint density at radius 2 is 2.20 bits per heavy atom. The van der Waals surface area contributed by atoms with Gasteiger partial charge in [0.2, 0.25) is 0 Å². The summed E-state index contributed by atoms with van der Waals surface area (Å²) in [7, 11) is 0. The van der Waals surface area contributed by atoms with Crippen molar-refractivity contribution in [3.63, 3.8) is 0 Å². The highest BCUT2D eigenvalue weighted by atomic mass is 19.1. The van der Waals surface area contributed by atoms with Crippen LogP contribution in [0.2, 0.25) is 0 Å². The first-order valence-corrected chi connectivity index (χ1v) is 8.24. The molecule has 0 aliphatic carbocycles. The Morgan fingerprint density at radius 3 is 2.96 bits per heavy atom. The van der Waals surface area contributed by atoms with Crippen LogP contribution in [0, 0.1) is 11.6 Å². The molecule has 0 spiro atoms. The van der Waals surface area contributed by atoms with Crippen LogP contribution < -0.4 is 0 Å². The van der Waals surface area contributed by atoms with Crippen molar-refractivity contribution in [3.8, 4) is 11.3 Å². The Morgan fingerprint density at radius 1 is 1.36 bits per heavy atom. The van der Waals surface area contributed by atoms with E-state index in [-0.39, 0.29) is 30.2 Å². The van der Waals surface area contributed by atoms with Gasteiger partial charge in [0.1, 0.15) is 23.3 Å². The fourth-order valence-electron chi connectivity index (χ4n) is 3.49. The molecule has 1 saturated heterocycles. The topological polar surface area (TPSA) is 61.3 Å². The van der Waals surface area contributed by atoms with E-state index in [2.05, 4.69) is 9.97 Å². The molecular weight excluding hydrogens is 330 g/mol. The maximum Gasteiger partial charge on any atom is 0.356 e. The number of nitrogens with zero attached hydrogens (tertiary/aromatic N) is 2. The lowest BCUT2D eigenvalue weighted by Gasteiger charge is -2.25. The molecule has 2 bridgehead atoms. The van der Waals surface area contributed by atoms with Crippen LogP contribution in [0.5, 0.6) is 0 Å². The van der Waals surface area contributed by atoms with E-state index >= 15 is 0 Å². The van der Waals surface area contributed by atoms with E-state index in [1.807, 2.05) is 0 Å². The van der Waals surface area contributed by atoms with E-state index in [1.165, 1.54) is 6.07 Å². The third-order valence-corrected chi connectivity index (χ3v) is 4.55. The standard InChI is InChI=1S/C18H16F2N2O3/c1-2-24-18(23)14-7-12(16-13(20)5-9(19)8-21-16)11-6-10-3-4-15(25-10)17(11)22-14/h5,7-8,10,15H,2-4,6H2,1H3/t10-,15-/m0/s1. The number of carbonyl (C=O) groups excluding carboxylic acids is 1. The zero-order valence-electron chi connectivity index (χ0n) is 13.6. The summed E-state index contributed by atoms with van der Waals surface area (Å²) in [6, 6.07) is 2.26. The van der Waals surface area contributed by atoms with Gasteiger partial charge in [0, 0.05) is 18.1 Å². The van der Waals surface area contributed by atoms with Crippen LogP contribution in [0.1, 0.15) is 47.6 Å². The molecule has 0 amide bonds. The molecule has 2 aliphatic heterocycles. The molecule has 5 nitrogen and oxygen atoms in total. The number of ether oxygens (including phenoxy) is 2. The summed E-state index contributed by atoms with van der Waals surface area (Å²) in [5.74, 6) is -2.12. The number of hydrogen-bond donors (Lipinski definition) is 0. The number of hydrogen-bond acceptors (Lipinski definition) is 5. The van der Waals surface area contributed by atoms with E-state index < -0.39 is 17.6 Å². The highest BCUT2D eigenvalue weighted by Gasteiger charge is 2.37. The van der Waals surface area contributed by atoms with E-state index in [9.17, 15) is 13.6 Å². The van der Waals surface area contributed by atoms with Crippen molar-refractivity contribution >= 4 is 5.97 Å². The number of pyridine rings is 2. The second kappa shape index (κ2) is 6.15. The van der Waals surface area contributed by atoms with Gasteiger partial charge in [0.15, 0.2) is 5.82 Å². The van der Waals surface area contributed by atoms with Crippen molar-refractivity contribution in [2.45, 2.75) is 38.4 Å². The lowest BCUT2D eigenvalue weighted by molar-refractivity contribution is 0.0291. The summed E-state index contributed by atoms with van der Waals surface area (Å²) < 4.78 is 38.5. The fraction of sp³-hybridized carbons (Fsp3) is 0.389. The third-order valence-electron chi connectivity index (χ3n) is 4.55. The minimum atomic E-state index is -0.776. The predicted molar refractivity (Wildman–Crippen MR) is 83.9 cm³/mol. The van der Waals surface area contributed by atoms with Crippen LogP contribution in [-0.4, -0.2) is 28.6 Å². The van der Waals surface area contributed by atoms with Gasteiger partial charge in [-0.15, -0.1) is 0 Å². The molecule has 0 saturated carbocycles. The van der Waals surface area contributed by atoms with Crippen molar-refractivity contribution in [1.29, 1.82) is 0 Å². The van der Waals surface area contributed by atoms with Crippen molar-refractivity contribution < 1.29 is 23.0 Å².